The lowest BCUT2D eigenvalue weighted by atomic mass is 9.63. The van der Waals surface area contributed by atoms with Gasteiger partial charge in [0.25, 0.3) is 0 Å². The molecule has 26 heavy (non-hydrogen) atoms. The molecule has 6 heteroatoms. The SMILES string of the molecule is CCOc1ccc(NC(=O)CN2C(=O)[C@@H]3[C@@H](C2=O)[C@H]2C=C[C@H]3CC2)cc1. The van der Waals surface area contributed by atoms with Crippen LogP contribution in [0.3, 0.4) is 0 Å². The van der Waals surface area contributed by atoms with E-state index in [0.717, 1.165) is 23.5 Å². The number of hydrogen-bond acceptors (Lipinski definition) is 4. The van der Waals surface area contributed by atoms with Gasteiger partial charge in [-0.05, 0) is 55.9 Å². The molecule has 0 unspecified atom stereocenters. The molecule has 1 aromatic rings. The Bertz CT molecular complexity index is 739. The molecule has 1 aromatic carbocycles. The van der Waals surface area contributed by atoms with Crippen molar-refractivity contribution in [2.75, 3.05) is 18.5 Å². The first-order chi connectivity index (χ1) is 12.6. The maximum Gasteiger partial charge on any atom is 0.244 e. The number of rotatable bonds is 5. The van der Waals surface area contributed by atoms with Gasteiger partial charge in [0.15, 0.2) is 0 Å². The molecule has 1 aliphatic heterocycles. The molecule has 1 N–H and O–H groups in total. The van der Waals surface area contributed by atoms with E-state index in [1.54, 1.807) is 24.3 Å². The third kappa shape index (κ3) is 2.79. The summed E-state index contributed by atoms with van der Waals surface area (Å²) < 4.78 is 5.37. The Labute approximate surface area is 152 Å². The summed E-state index contributed by atoms with van der Waals surface area (Å²) in [5.74, 6) is -0.297. The smallest absolute Gasteiger partial charge is 0.244 e. The van der Waals surface area contributed by atoms with Crippen LogP contribution in [0.15, 0.2) is 36.4 Å². The number of ether oxygens (including phenoxy) is 1. The average molecular weight is 354 g/mol. The molecule has 0 aromatic heterocycles. The fourth-order valence-electron chi connectivity index (χ4n) is 4.44. The van der Waals surface area contributed by atoms with E-state index < -0.39 is 0 Å². The molecule has 1 saturated carbocycles. The van der Waals surface area contributed by atoms with Crippen LogP contribution in [0, 0.1) is 23.7 Å². The van der Waals surface area contributed by atoms with E-state index >= 15 is 0 Å². The number of anilines is 1. The highest BCUT2D eigenvalue weighted by atomic mass is 16.5. The normalized spacial score (nSPS) is 29.0. The molecule has 5 rings (SSSR count). The van der Waals surface area contributed by atoms with Gasteiger partial charge in [0, 0.05) is 5.69 Å². The van der Waals surface area contributed by atoms with Crippen LogP contribution in [-0.2, 0) is 14.4 Å². The molecule has 2 fully saturated rings. The van der Waals surface area contributed by atoms with Gasteiger partial charge in [-0.3, -0.25) is 19.3 Å². The van der Waals surface area contributed by atoms with Gasteiger partial charge in [0.05, 0.1) is 18.4 Å². The van der Waals surface area contributed by atoms with Crippen LogP contribution in [-0.4, -0.2) is 35.8 Å². The van der Waals surface area contributed by atoms with Crippen LogP contribution in [0.25, 0.3) is 0 Å². The van der Waals surface area contributed by atoms with Crippen LogP contribution in [0.2, 0.25) is 0 Å². The Morgan fingerprint density at radius 2 is 1.65 bits per heavy atom. The van der Waals surface area contributed by atoms with Gasteiger partial charge in [0.1, 0.15) is 12.3 Å². The molecule has 0 spiro atoms. The highest BCUT2D eigenvalue weighted by molar-refractivity contribution is 6.09. The molecule has 136 valence electrons. The Kier molecular flexibility index (Phi) is 4.26. The Morgan fingerprint density at radius 1 is 1.08 bits per heavy atom. The molecular formula is C20H22N2O4. The summed E-state index contributed by atoms with van der Waals surface area (Å²) in [4.78, 5) is 38.9. The topological polar surface area (TPSA) is 75.7 Å². The van der Waals surface area contributed by atoms with E-state index in [9.17, 15) is 14.4 Å². The number of fused-ring (bicyclic) bond motifs is 1. The second-order valence-electron chi connectivity index (χ2n) is 7.11. The van der Waals surface area contributed by atoms with Crippen LogP contribution >= 0.6 is 0 Å². The van der Waals surface area contributed by atoms with Crippen LogP contribution in [0.5, 0.6) is 5.75 Å². The van der Waals surface area contributed by atoms with Crippen molar-refractivity contribution in [2.45, 2.75) is 19.8 Å². The number of nitrogens with zero attached hydrogens (tertiary/aromatic N) is 1. The van der Waals surface area contributed by atoms with E-state index in [-0.39, 0.29) is 47.9 Å². The number of likely N-dealkylation sites (tertiary alicyclic amines) is 1. The second-order valence-corrected chi connectivity index (χ2v) is 7.11. The first-order valence-electron chi connectivity index (χ1n) is 9.14. The molecule has 0 radical (unpaired) electrons. The summed E-state index contributed by atoms with van der Waals surface area (Å²) in [5.41, 5.74) is 0.608. The molecule has 1 saturated heterocycles. The fourth-order valence-corrected chi connectivity index (χ4v) is 4.44. The molecule has 1 heterocycles. The molecule has 3 amide bonds. The number of hydrogen-bond donors (Lipinski definition) is 1. The number of imide groups is 1. The van der Waals surface area contributed by atoms with Crippen molar-refractivity contribution >= 4 is 23.4 Å². The second kappa shape index (κ2) is 6.59. The first-order valence-corrected chi connectivity index (χ1v) is 9.14. The van der Waals surface area contributed by atoms with Gasteiger partial charge in [-0.2, -0.15) is 0 Å². The quantitative estimate of drug-likeness (QED) is 0.650. The zero-order valence-corrected chi connectivity index (χ0v) is 14.7. The summed E-state index contributed by atoms with van der Waals surface area (Å²) in [7, 11) is 0. The summed E-state index contributed by atoms with van der Waals surface area (Å²) in [6, 6.07) is 7.01. The van der Waals surface area contributed by atoms with Gasteiger partial charge in [0.2, 0.25) is 17.7 Å². The number of allylic oxidation sites excluding steroid dienone is 2. The minimum absolute atomic E-state index is 0.139. The van der Waals surface area contributed by atoms with Crippen molar-refractivity contribution in [2.24, 2.45) is 23.7 Å². The first kappa shape index (κ1) is 16.8. The van der Waals surface area contributed by atoms with E-state index in [1.807, 2.05) is 6.92 Å². The van der Waals surface area contributed by atoms with E-state index in [2.05, 4.69) is 17.5 Å². The van der Waals surface area contributed by atoms with Crippen molar-refractivity contribution in [3.63, 3.8) is 0 Å². The minimum Gasteiger partial charge on any atom is -0.494 e. The predicted octanol–water partition coefficient (Wildman–Crippen LogP) is 2.22. The fraction of sp³-hybridized carbons (Fsp3) is 0.450. The summed E-state index contributed by atoms with van der Waals surface area (Å²) in [6.07, 6.45) is 6.05. The summed E-state index contributed by atoms with van der Waals surface area (Å²) >= 11 is 0. The lowest BCUT2D eigenvalue weighted by Crippen LogP contribution is -2.38. The van der Waals surface area contributed by atoms with Gasteiger partial charge >= 0.3 is 0 Å². The highest BCUT2D eigenvalue weighted by Gasteiger charge is 2.56. The molecule has 2 bridgehead atoms. The van der Waals surface area contributed by atoms with Gasteiger partial charge in [-0.25, -0.2) is 0 Å². The number of carbonyl (C=O) groups is 3. The zero-order valence-electron chi connectivity index (χ0n) is 14.7. The molecule has 6 nitrogen and oxygen atoms in total. The van der Waals surface area contributed by atoms with E-state index in [4.69, 9.17) is 4.74 Å². The van der Waals surface area contributed by atoms with Gasteiger partial charge in [-0.15, -0.1) is 0 Å². The van der Waals surface area contributed by atoms with Crippen LogP contribution < -0.4 is 10.1 Å². The van der Waals surface area contributed by atoms with Crippen molar-refractivity contribution in [3.05, 3.63) is 36.4 Å². The Morgan fingerprint density at radius 3 is 2.15 bits per heavy atom. The third-order valence-electron chi connectivity index (χ3n) is 5.60. The molecule has 4 aliphatic rings. The number of benzene rings is 1. The Balaban J connectivity index is 1.42. The van der Waals surface area contributed by atoms with Crippen molar-refractivity contribution in [1.82, 2.24) is 4.90 Å². The lowest BCUT2D eigenvalue weighted by Gasteiger charge is -2.38. The number of nitrogens with one attached hydrogen (secondary N) is 1. The summed E-state index contributed by atoms with van der Waals surface area (Å²) in [6.45, 7) is 2.25. The zero-order chi connectivity index (χ0) is 18.3. The van der Waals surface area contributed by atoms with Gasteiger partial charge < -0.3 is 10.1 Å². The maximum atomic E-state index is 12.7. The van der Waals surface area contributed by atoms with Crippen LogP contribution in [0.4, 0.5) is 5.69 Å². The molecule has 4 atom stereocenters. The van der Waals surface area contributed by atoms with E-state index in [1.165, 1.54) is 0 Å². The standard InChI is InChI=1S/C20H22N2O4/c1-2-26-15-9-7-14(8-10-15)21-16(23)11-22-19(24)17-12-3-4-13(6-5-12)18(17)20(22)25/h3-4,7-10,12-13,17-18H,2,5-6,11H2,1H3,(H,21,23)/t12-,13-,17-,18-/m0/s1. The average Bonchev–Trinajstić information content (AvgIpc) is 2.92. The van der Waals surface area contributed by atoms with Crippen molar-refractivity contribution < 1.29 is 19.1 Å². The monoisotopic (exact) mass is 354 g/mol. The van der Waals surface area contributed by atoms with Gasteiger partial charge in [-0.1, -0.05) is 12.2 Å². The summed E-state index contributed by atoms with van der Waals surface area (Å²) in [5, 5.41) is 2.74. The molecular weight excluding hydrogens is 332 g/mol. The maximum absolute atomic E-state index is 12.7. The highest BCUT2D eigenvalue weighted by Crippen LogP contribution is 2.49. The Hall–Kier alpha value is -2.63. The lowest BCUT2D eigenvalue weighted by molar-refractivity contribution is -0.142. The predicted molar refractivity (Wildman–Crippen MR) is 95.3 cm³/mol. The van der Waals surface area contributed by atoms with Crippen LogP contribution in [0.1, 0.15) is 19.8 Å². The van der Waals surface area contributed by atoms with Crippen molar-refractivity contribution in [1.29, 1.82) is 0 Å². The number of amides is 3. The largest absolute Gasteiger partial charge is 0.494 e. The van der Waals surface area contributed by atoms with Crippen molar-refractivity contribution in [3.8, 4) is 5.75 Å². The minimum atomic E-state index is -0.366. The van der Waals surface area contributed by atoms with E-state index in [0.29, 0.717) is 12.3 Å². The molecule has 3 aliphatic carbocycles. The number of carbonyl (C=O) groups excluding carboxylic acids is 3. The third-order valence-corrected chi connectivity index (χ3v) is 5.60.